The monoisotopic (exact) mass is 561 g/mol. The SMILES string of the molecule is C[C@@H](O[C@H]1Cn2c(cc(-c3ccccc3)cc2=O)[C@@H]1c1ccc(F)cc1)c1cc(C(F)(F)F)cc(C(F)(F)F)c1. The van der Waals surface area contributed by atoms with Crippen LogP contribution in [0.5, 0.6) is 0 Å². The lowest BCUT2D eigenvalue weighted by Crippen LogP contribution is -2.24. The first-order valence-corrected chi connectivity index (χ1v) is 12.3. The molecule has 3 aromatic carbocycles. The van der Waals surface area contributed by atoms with E-state index in [2.05, 4.69) is 0 Å². The Hall–Kier alpha value is -3.92. The molecule has 3 atom stereocenters. The van der Waals surface area contributed by atoms with Crippen molar-refractivity contribution < 1.29 is 35.5 Å². The number of aromatic nitrogens is 1. The zero-order chi connectivity index (χ0) is 28.8. The predicted octanol–water partition coefficient (Wildman–Crippen LogP) is 7.98. The number of rotatable bonds is 5. The van der Waals surface area contributed by atoms with Crippen LogP contribution >= 0.6 is 0 Å². The van der Waals surface area contributed by atoms with Crippen molar-refractivity contribution in [2.75, 3.05) is 0 Å². The molecule has 4 aromatic rings. The number of fused-ring (bicyclic) bond motifs is 1. The van der Waals surface area contributed by atoms with Crippen molar-refractivity contribution >= 4 is 0 Å². The summed E-state index contributed by atoms with van der Waals surface area (Å²) in [5.74, 6) is -1.14. The molecule has 0 aliphatic carbocycles. The van der Waals surface area contributed by atoms with E-state index in [-0.39, 0.29) is 23.7 Å². The first kappa shape index (κ1) is 27.6. The van der Waals surface area contributed by atoms with Gasteiger partial charge in [-0.3, -0.25) is 4.79 Å². The molecule has 0 saturated carbocycles. The second-order valence-corrected chi connectivity index (χ2v) is 9.67. The molecule has 0 amide bonds. The highest BCUT2D eigenvalue weighted by atomic mass is 19.4. The van der Waals surface area contributed by atoms with E-state index in [1.165, 1.54) is 41.8 Å². The Morgan fingerprint density at radius 2 is 1.40 bits per heavy atom. The molecule has 208 valence electrons. The van der Waals surface area contributed by atoms with Gasteiger partial charge in [-0.05, 0) is 65.6 Å². The molecule has 1 aromatic heterocycles. The van der Waals surface area contributed by atoms with Crippen LogP contribution < -0.4 is 5.56 Å². The molecule has 5 rings (SSSR count). The van der Waals surface area contributed by atoms with Crippen molar-refractivity contribution in [3.05, 3.63) is 129 Å². The van der Waals surface area contributed by atoms with E-state index in [1.807, 2.05) is 30.3 Å². The number of hydrogen-bond acceptors (Lipinski definition) is 2. The number of benzene rings is 3. The van der Waals surface area contributed by atoms with Gasteiger partial charge >= 0.3 is 12.4 Å². The summed E-state index contributed by atoms with van der Waals surface area (Å²) in [7, 11) is 0. The van der Waals surface area contributed by atoms with Crippen LogP contribution in [0.1, 0.15) is 46.9 Å². The molecule has 0 radical (unpaired) electrons. The Morgan fingerprint density at radius 3 is 1.98 bits per heavy atom. The van der Waals surface area contributed by atoms with Crippen LogP contribution in [0.25, 0.3) is 11.1 Å². The highest BCUT2D eigenvalue weighted by molar-refractivity contribution is 5.64. The average molecular weight is 561 g/mol. The van der Waals surface area contributed by atoms with Gasteiger partial charge in [-0.1, -0.05) is 42.5 Å². The third kappa shape index (κ3) is 5.54. The third-order valence-electron chi connectivity index (χ3n) is 7.01. The molecule has 1 aliphatic rings. The fraction of sp³-hybridized carbons (Fsp3) is 0.233. The minimum absolute atomic E-state index is 0.000703. The van der Waals surface area contributed by atoms with Gasteiger partial charge in [0.15, 0.2) is 0 Å². The van der Waals surface area contributed by atoms with Crippen LogP contribution in [-0.4, -0.2) is 10.7 Å². The van der Waals surface area contributed by atoms with Gasteiger partial charge in [-0.15, -0.1) is 0 Å². The summed E-state index contributed by atoms with van der Waals surface area (Å²) in [6.07, 6.45) is -12.0. The summed E-state index contributed by atoms with van der Waals surface area (Å²) >= 11 is 0. The molecule has 0 spiro atoms. The van der Waals surface area contributed by atoms with E-state index in [1.54, 1.807) is 6.07 Å². The second kappa shape index (κ2) is 10.2. The summed E-state index contributed by atoms with van der Waals surface area (Å²) < 4.78 is 102. The first-order valence-electron chi connectivity index (χ1n) is 12.3. The molecular formula is C30H22F7NO2. The highest BCUT2D eigenvalue weighted by Gasteiger charge is 2.40. The van der Waals surface area contributed by atoms with E-state index in [4.69, 9.17) is 4.74 Å². The van der Waals surface area contributed by atoms with E-state index in [9.17, 15) is 35.5 Å². The lowest BCUT2D eigenvalue weighted by molar-refractivity contribution is -0.143. The van der Waals surface area contributed by atoms with Crippen molar-refractivity contribution in [3.63, 3.8) is 0 Å². The van der Waals surface area contributed by atoms with Gasteiger partial charge in [-0.2, -0.15) is 26.3 Å². The molecular weight excluding hydrogens is 539 g/mol. The van der Waals surface area contributed by atoms with E-state index >= 15 is 0 Å². The largest absolute Gasteiger partial charge is 0.416 e. The standard InChI is InChI=1S/C30H22F7NO2/c1-17(20-11-22(29(32,33)34)15-23(12-20)30(35,36)37)40-26-16-38-25(28(26)19-7-9-24(31)10-8-19)13-21(14-27(38)39)18-5-3-2-4-6-18/h2-15,17,26,28H,16H2,1H3/t17-,26+,28+/m1/s1. The summed E-state index contributed by atoms with van der Waals surface area (Å²) in [5.41, 5.74) is -1.02. The Balaban J connectivity index is 1.56. The maximum Gasteiger partial charge on any atom is 0.416 e. The van der Waals surface area contributed by atoms with Crippen LogP contribution in [0.2, 0.25) is 0 Å². The van der Waals surface area contributed by atoms with Crippen LogP contribution in [-0.2, 0) is 23.6 Å². The molecule has 40 heavy (non-hydrogen) atoms. The fourth-order valence-corrected chi connectivity index (χ4v) is 5.07. The molecule has 10 heteroatoms. The predicted molar refractivity (Wildman–Crippen MR) is 134 cm³/mol. The van der Waals surface area contributed by atoms with Crippen LogP contribution in [0.3, 0.4) is 0 Å². The summed E-state index contributed by atoms with van der Waals surface area (Å²) in [6.45, 7) is 1.36. The fourth-order valence-electron chi connectivity index (χ4n) is 5.07. The van der Waals surface area contributed by atoms with E-state index in [0.29, 0.717) is 29.0 Å². The number of hydrogen-bond donors (Lipinski definition) is 0. The summed E-state index contributed by atoms with van der Waals surface area (Å²) in [5, 5.41) is 0. The zero-order valence-electron chi connectivity index (χ0n) is 20.9. The van der Waals surface area contributed by atoms with Gasteiger partial charge in [0.05, 0.1) is 35.8 Å². The third-order valence-corrected chi connectivity index (χ3v) is 7.01. The summed E-state index contributed by atoms with van der Waals surface area (Å²) in [4.78, 5) is 13.1. The minimum atomic E-state index is -5.00. The van der Waals surface area contributed by atoms with Crippen LogP contribution in [0.15, 0.2) is 89.7 Å². The molecule has 0 saturated heterocycles. The first-order chi connectivity index (χ1) is 18.8. The molecule has 2 heterocycles. The Morgan fingerprint density at radius 1 is 0.800 bits per heavy atom. The normalized spacial score (nSPS) is 18.0. The number of ether oxygens (including phenoxy) is 1. The number of alkyl halides is 6. The van der Waals surface area contributed by atoms with Gasteiger partial charge in [-0.25, -0.2) is 4.39 Å². The summed E-state index contributed by atoms with van der Waals surface area (Å²) in [6, 6.07) is 19.2. The van der Waals surface area contributed by atoms with Crippen molar-refractivity contribution in [1.29, 1.82) is 0 Å². The maximum atomic E-state index is 13.7. The Kier molecular flexibility index (Phi) is 7.08. The average Bonchev–Trinajstić information content (AvgIpc) is 3.26. The maximum absolute atomic E-state index is 13.7. The van der Waals surface area contributed by atoms with Crippen LogP contribution in [0.4, 0.5) is 30.7 Å². The number of nitrogens with zero attached hydrogens (tertiary/aromatic N) is 1. The van der Waals surface area contributed by atoms with E-state index < -0.39 is 47.4 Å². The second-order valence-electron chi connectivity index (χ2n) is 9.67. The molecule has 0 N–H and O–H groups in total. The zero-order valence-corrected chi connectivity index (χ0v) is 20.9. The van der Waals surface area contributed by atoms with Gasteiger partial charge < -0.3 is 9.30 Å². The van der Waals surface area contributed by atoms with E-state index in [0.717, 1.165) is 5.56 Å². The van der Waals surface area contributed by atoms with Gasteiger partial charge in [0, 0.05) is 11.8 Å². The highest BCUT2D eigenvalue weighted by Crippen LogP contribution is 2.41. The Bertz CT molecular complexity index is 1540. The van der Waals surface area contributed by atoms with Crippen molar-refractivity contribution in [3.8, 4) is 11.1 Å². The minimum Gasteiger partial charge on any atom is -0.368 e. The quantitative estimate of drug-likeness (QED) is 0.231. The van der Waals surface area contributed by atoms with Crippen molar-refractivity contribution in [1.82, 2.24) is 4.57 Å². The molecule has 0 fully saturated rings. The topological polar surface area (TPSA) is 31.2 Å². The lowest BCUT2D eigenvalue weighted by atomic mass is 9.91. The van der Waals surface area contributed by atoms with Gasteiger partial charge in [0.2, 0.25) is 0 Å². The Labute approximate surface area is 224 Å². The van der Waals surface area contributed by atoms with Crippen molar-refractivity contribution in [2.24, 2.45) is 0 Å². The smallest absolute Gasteiger partial charge is 0.368 e. The lowest BCUT2D eigenvalue weighted by Gasteiger charge is -2.25. The molecule has 0 bridgehead atoms. The number of halogens is 7. The molecule has 0 unspecified atom stereocenters. The molecule has 1 aliphatic heterocycles. The molecule has 3 nitrogen and oxygen atoms in total. The van der Waals surface area contributed by atoms with Crippen molar-refractivity contribution in [2.45, 2.75) is 43.9 Å². The van der Waals surface area contributed by atoms with Gasteiger partial charge in [0.25, 0.3) is 5.56 Å². The van der Waals surface area contributed by atoms with Crippen LogP contribution in [0, 0.1) is 5.82 Å². The number of pyridine rings is 1. The van der Waals surface area contributed by atoms with Gasteiger partial charge in [0.1, 0.15) is 5.82 Å².